The molecule has 1 fully saturated rings. The molecule has 0 aliphatic carbocycles. The van der Waals surface area contributed by atoms with Crippen molar-refractivity contribution >= 4 is 5.96 Å². The number of rotatable bonds is 10. The Balaban J connectivity index is 1.62. The van der Waals surface area contributed by atoms with Gasteiger partial charge in [-0.3, -0.25) is 15.0 Å². The van der Waals surface area contributed by atoms with E-state index in [-0.39, 0.29) is 6.04 Å². The second-order valence-corrected chi connectivity index (χ2v) is 7.81. The Labute approximate surface area is 180 Å². The van der Waals surface area contributed by atoms with Gasteiger partial charge >= 0.3 is 0 Å². The van der Waals surface area contributed by atoms with Crippen LogP contribution in [-0.4, -0.2) is 60.9 Å². The van der Waals surface area contributed by atoms with Gasteiger partial charge in [0, 0.05) is 18.8 Å². The standard InChI is InChI=1S/C23H36N6O/c1-4-24-23(25-12-8-10-20-16-27-28-18(20)2)26-17-22(29-13-5-6-14-29)19-9-7-11-21(15-19)30-3/h7,9,11,15-16,22H,4-6,8,10,12-14,17H2,1-3H3,(H,27,28)(H2,24,25,26). The van der Waals surface area contributed by atoms with E-state index in [4.69, 9.17) is 9.73 Å². The molecule has 1 unspecified atom stereocenters. The maximum atomic E-state index is 5.45. The summed E-state index contributed by atoms with van der Waals surface area (Å²) in [6, 6.07) is 8.68. The van der Waals surface area contributed by atoms with Crippen molar-refractivity contribution in [2.75, 3.05) is 39.8 Å². The zero-order valence-corrected chi connectivity index (χ0v) is 18.6. The molecule has 0 saturated carbocycles. The number of hydrogen-bond acceptors (Lipinski definition) is 4. The number of aliphatic imine (C=N–C) groups is 1. The van der Waals surface area contributed by atoms with Gasteiger partial charge in [0.2, 0.25) is 0 Å². The molecule has 1 aliphatic rings. The summed E-state index contributed by atoms with van der Waals surface area (Å²) in [6.45, 7) is 8.88. The van der Waals surface area contributed by atoms with Crippen molar-refractivity contribution in [3.63, 3.8) is 0 Å². The highest BCUT2D eigenvalue weighted by Crippen LogP contribution is 2.27. The van der Waals surface area contributed by atoms with E-state index in [0.717, 1.165) is 63.0 Å². The van der Waals surface area contributed by atoms with E-state index in [1.807, 2.05) is 12.3 Å². The first-order chi connectivity index (χ1) is 14.7. The topological polar surface area (TPSA) is 77.6 Å². The van der Waals surface area contributed by atoms with E-state index in [1.54, 1.807) is 7.11 Å². The summed E-state index contributed by atoms with van der Waals surface area (Å²) in [5, 5.41) is 14.0. The summed E-state index contributed by atoms with van der Waals surface area (Å²) in [6.07, 6.45) is 6.49. The fourth-order valence-electron chi connectivity index (χ4n) is 3.97. The molecule has 3 rings (SSSR count). The molecule has 30 heavy (non-hydrogen) atoms. The number of likely N-dealkylation sites (tertiary alicyclic amines) is 1. The third kappa shape index (κ3) is 6.23. The van der Waals surface area contributed by atoms with Crippen LogP contribution in [0.15, 0.2) is 35.5 Å². The summed E-state index contributed by atoms with van der Waals surface area (Å²) in [4.78, 5) is 7.48. The average Bonchev–Trinajstić information content (AvgIpc) is 3.43. The van der Waals surface area contributed by atoms with Gasteiger partial charge in [0.1, 0.15) is 5.75 Å². The molecule has 1 saturated heterocycles. The lowest BCUT2D eigenvalue weighted by Gasteiger charge is -2.27. The van der Waals surface area contributed by atoms with E-state index >= 15 is 0 Å². The van der Waals surface area contributed by atoms with Crippen LogP contribution in [0, 0.1) is 6.92 Å². The molecule has 1 aromatic carbocycles. The predicted octanol–water partition coefficient (Wildman–Crippen LogP) is 3.05. The first-order valence-electron chi connectivity index (χ1n) is 11.1. The lowest BCUT2D eigenvalue weighted by molar-refractivity contribution is 0.251. The largest absolute Gasteiger partial charge is 0.497 e. The van der Waals surface area contributed by atoms with Crippen molar-refractivity contribution in [2.45, 2.75) is 45.6 Å². The maximum Gasteiger partial charge on any atom is 0.191 e. The molecule has 1 atom stereocenters. The Morgan fingerprint density at radius 1 is 1.30 bits per heavy atom. The molecule has 0 bridgehead atoms. The van der Waals surface area contributed by atoms with E-state index in [2.05, 4.69) is 57.8 Å². The number of ether oxygens (including phenoxy) is 1. The molecular weight excluding hydrogens is 376 g/mol. The van der Waals surface area contributed by atoms with Gasteiger partial charge in [-0.05, 0) is 75.9 Å². The van der Waals surface area contributed by atoms with Crippen molar-refractivity contribution in [3.8, 4) is 5.75 Å². The highest BCUT2D eigenvalue weighted by molar-refractivity contribution is 5.79. The van der Waals surface area contributed by atoms with Crippen LogP contribution in [0.4, 0.5) is 0 Å². The Morgan fingerprint density at radius 2 is 2.13 bits per heavy atom. The smallest absolute Gasteiger partial charge is 0.191 e. The zero-order valence-electron chi connectivity index (χ0n) is 18.6. The SMILES string of the molecule is CCNC(=NCC(c1cccc(OC)c1)N1CCCC1)NCCCc1cn[nH]c1C. The Morgan fingerprint density at radius 3 is 2.83 bits per heavy atom. The minimum absolute atomic E-state index is 0.270. The third-order valence-electron chi connectivity index (χ3n) is 5.68. The van der Waals surface area contributed by atoms with Gasteiger partial charge in [-0.1, -0.05) is 12.1 Å². The van der Waals surface area contributed by atoms with Crippen molar-refractivity contribution < 1.29 is 4.74 Å². The number of methoxy groups -OCH3 is 1. The first kappa shape index (κ1) is 22.2. The van der Waals surface area contributed by atoms with Crippen LogP contribution in [0.5, 0.6) is 5.75 Å². The number of guanidine groups is 1. The fraction of sp³-hybridized carbons (Fsp3) is 0.565. The van der Waals surface area contributed by atoms with Crippen molar-refractivity contribution in [2.24, 2.45) is 4.99 Å². The summed E-state index contributed by atoms with van der Waals surface area (Å²) in [5.41, 5.74) is 3.71. The number of aryl methyl sites for hydroxylation is 2. The number of hydrogen-bond donors (Lipinski definition) is 3. The van der Waals surface area contributed by atoms with E-state index in [0.29, 0.717) is 0 Å². The second-order valence-electron chi connectivity index (χ2n) is 7.81. The quantitative estimate of drug-likeness (QED) is 0.318. The third-order valence-corrected chi connectivity index (χ3v) is 5.68. The second kappa shape index (κ2) is 11.6. The molecule has 2 heterocycles. The average molecular weight is 413 g/mol. The summed E-state index contributed by atoms with van der Waals surface area (Å²) in [7, 11) is 1.72. The Kier molecular flexibility index (Phi) is 8.56. The lowest BCUT2D eigenvalue weighted by atomic mass is 10.1. The molecular formula is C23H36N6O. The number of benzene rings is 1. The van der Waals surface area contributed by atoms with Crippen LogP contribution >= 0.6 is 0 Å². The van der Waals surface area contributed by atoms with E-state index in [1.165, 1.54) is 24.0 Å². The fourth-order valence-corrected chi connectivity index (χ4v) is 3.97. The number of aromatic amines is 1. The van der Waals surface area contributed by atoms with Crippen LogP contribution in [0.25, 0.3) is 0 Å². The van der Waals surface area contributed by atoms with E-state index in [9.17, 15) is 0 Å². The van der Waals surface area contributed by atoms with Crippen LogP contribution in [0.3, 0.4) is 0 Å². The molecule has 0 amide bonds. The van der Waals surface area contributed by atoms with E-state index < -0.39 is 0 Å². The van der Waals surface area contributed by atoms with Crippen molar-refractivity contribution in [1.82, 2.24) is 25.7 Å². The molecule has 1 aromatic heterocycles. The van der Waals surface area contributed by atoms with Gasteiger partial charge in [0.15, 0.2) is 5.96 Å². The molecule has 164 valence electrons. The predicted molar refractivity (Wildman–Crippen MR) is 122 cm³/mol. The number of nitrogens with zero attached hydrogens (tertiary/aromatic N) is 3. The summed E-state index contributed by atoms with van der Waals surface area (Å²) in [5.74, 6) is 1.79. The Bertz CT molecular complexity index is 796. The molecule has 0 spiro atoms. The highest BCUT2D eigenvalue weighted by Gasteiger charge is 2.23. The molecule has 0 radical (unpaired) electrons. The first-order valence-corrected chi connectivity index (χ1v) is 11.1. The van der Waals surface area contributed by atoms with Crippen molar-refractivity contribution in [1.29, 1.82) is 0 Å². The lowest BCUT2D eigenvalue weighted by Crippen LogP contribution is -2.39. The van der Waals surface area contributed by atoms with Gasteiger partial charge in [0.05, 0.1) is 25.9 Å². The Hall–Kier alpha value is -2.54. The maximum absolute atomic E-state index is 5.45. The molecule has 3 N–H and O–H groups in total. The summed E-state index contributed by atoms with van der Waals surface area (Å²) < 4.78 is 5.45. The normalized spacial score (nSPS) is 15.9. The van der Waals surface area contributed by atoms with Crippen LogP contribution in [0.1, 0.15) is 49.0 Å². The monoisotopic (exact) mass is 412 g/mol. The van der Waals surface area contributed by atoms with Crippen LogP contribution in [0.2, 0.25) is 0 Å². The van der Waals surface area contributed by atoms with Gasteiger partial charge in [-0.15, -0.1) is 0 Å². The van der Waals surface area contributed by atoms with Crippen LogP contribution < -0.4 is 15.4 Å². The van der Waals surface area contributed by atoms with Gasteiger partial charge in [-0.25, -0.2) is 0 Å². The zero-order chi connectivity index (χ0) is 21.2. The number of aromatic nitrogens is 2. The molecule has 2 aromatic rings. The number of nitrogens with one attached hydrogen (secondary N) is 3. The van der Waals surface area contributed by atoms with Crippen LogP contribution in [-0.2, 0) is 6.42 Å². The molecule has 7 nitrogen and oxygen atoms in total. The minimum Gasteiger partial charge on any atom is -0.497 e. The van der Waals surface area contributed by atoms with Gasteiger partial charge in [0.25, 0.3) is 0 Å². The number of H-pyrrole nitrogens is 1. The minimum atomic E-state index is 0.270. The highest BCUT2D eigenvalue weighted by atomic mass is 16.5. The van der Waals surface area contributed by atoms with Gasteiger partial charge < -0.3 is 15.4 Å². The van der Waals surface area contributed by atoms with Crippen molar-refractivity contribution in [3.05, 3.63) is 47.3 Å². The molecule has 1 aliphatic heterocycles. The summed E-state index contributed by atoms with van der Waals surface area (Å²) >= 11 is 0. The molecule has 7 heteroatoms. The van der Waals surface area contributed by atoms with Gasteiger partial charge in [-0.2, -0.15) is 5.10 Å².